The summed E-state index contributed by atoms with van der Waals surface area (Å²) in [5.41, 5.74) is 4.19. The fourth-order valence-electron chi connectivity index (χ4n) is 3.98. The lowest BCUT2D eigenvalue weighted by molar-refractivity contribution is 0.256. The molecule has 0 saturated carbocycles. The summed E-state index contributed by atoms with van der Waals surface area (Å²) < 4.78 is 28.9. The Bertz CT molecular complexity index is 1300. The quantitative estimate of drug-likeness (QED) is 0.408. The minimum Gasteiger partial charge on any atom is -0.423 e. The number of aryl methyl sites for hydroxylation is 1. The number of nitrogens with zero attached hydrogens (tertiary/aromatic N) is 2. The van der Waals surface area contributed by atoms with Crippen LogP contribution in [-0.4, -0.2) is 41.4 Å². The first-order valence-electron chi connectivity index (χ1n) is 10.7. The van der Waals surface area contributed by atoms with Crippen LogP contribution < -0.4 is 15.5 Å². The zero-order valence-corrected chi connectivity index (χ0v) is 19.1. The van der Waals surface area contributed by atoms with E-state index < -0.39 is 23.2 Å². The van der Waals surface area contributed by atoms with E-state index in [0.717, 1.165) is 30.4 Å². The first-order valence-corrected chi connectivity index (χ1v) is 12.1. The molecule has 0 spiro atoms. The molecule has 0 saturated heterocycles. The summed E-state index contributed by atoms with van der Waals surface area (Å²) in [6.45, 7) is 3.73. The SMILES string of the molecule is CC(C)n1ccc(S(=O)(=O)NC(=O)Nc2c(-c3cccc(B(O)O)c3)ccc3c2CCC3)n1. The lowest BCUT2D eigenvalue weighted by atomic mass is 9.79. The number of nitrogens with one attached hydrogen (secondary N) is 2. The van der Waals surface area contributed by atoms with E-state index in [1.54, 1.807) is 30.5 Å². The number of fused-ring (bicyclic) bond motifs is 1. The Balaban J connectivity index is 1.65. The Labute approximate surface area is 192 Å². The van der Waals surface area contributed by atoms with E-state index in [1.807, 2.05) is 30.7 Å². The number of aromatic nitrogens is 2. The van der Waals surface area contributed by atoms with Crippen molar-refractivity contribution in [3.63, 3.8) is 0 Å². The van der Waals surface area contributed by atoms with Crippen molar-refractivity contribution in [2.24, 2.45) is 0 Å². The minimum atomic E-state index is -4.16. The molecule has 0 atom stereocenters. The lowest BCUT2D eigenvalue weighted by Gasteiger charge is -2.17. The van der Waals surface area contributed by atoms with E-state index in [2.05, 4.69) is 10.4 Å². The Hall–Kier alpha value is -3.15. The molecule has 3 aromatic rings. The minimum absolute atomic E-state index is 0.0227. The van der Waals surface area contributed by atoms with Gasteiger partial charge in [0.1, 0.15) is 0 Å². The molecule has 4 rings (SSSR count). The summed E-state index contributed by atoms with van der Waals surface area (Å²) in [4.78, 5) is 12.8. The summed E-state index contributed by atoms with van der Waals surface area (Å²) in [6, 6.07) is 11.0. The number of carbonyl (C=O) groups excluding carboxylic acids is 1. The summed E-state index contributed by atoms with van der Waals surface area (Å²) in [5, 5.41) is 25.6. The van der Waals surface area contributed by atoms with Crippen LogP contribution in [0.1, 0.15) is 37.4 Å². The van der Waals surface area contributed by atoms with Gasteiger partial charge in [-0.1, -0.05) is 36.4 Å². The summed E-state index contributed by atoms with van der Waals surface area (Å²) in [5.74, 6) is 0. The predicted molar refractivity (Wildman–Crippen MR) is 126 cm³/mol. The van der Waals surface area contributed by atoms with Crippen LogP contribution in [0.2, 0.25) is 0 Å². The van der Waals surface area contributed by atoms with Crippen molar-refractivity contribution in [2.45, 2.75) is 44.2 Å². The first-order chi connectivity index (χ1) is 15.7. The van der Waals surface area contributed by atoms with Gasteiger partial charge in [-0.3, -0.25) is 4.68 Å². The van der Waals surface area contributed by atoms with Crippen LogP contribution in [0, 0.1) is 0 Å². The van der Waals surface area contributed by atoms with Gasteiger partial charge in [-0.15, -0.1) is 0 Å². The van der Waals surface area contributed by atoms with Crippen LogP contribution in [0.3, 0.4) is 0 Å². The molecule has 2 aromatic carbocycles. The van der Waals surface area contributed by atoms with Crippen LogP contribution in [0.25, 0.3) is 11.1 Å². The van der Waals surface area contributed by atoms with E-state index >= 15 is 0 Å². The molecule has 1 heterocycles. The molecule has 0 bridgehead atoms. The highest BCUT2D eigenvalue weighted by atomic mass is 32.2. The van der Waals surface area contributed by atoms with E-state index in [9.17, 15) is 23.3 Å². The van der Waals surface area contributed by atoms with Gasteiger partial charge in [0.15, 0.2) is 5.03 Å². The number of carbonyl (C=O) groups is 1. The van der Waals surface area contributed by atoms with Crippen LogP contribution >= 0.6 is 0 Å². The largest absolute Gasteiger partial charge is 0.488 e. The normalized spacial score (nSPS) is 13.1. The molecule has 2 amide bonds. The molecule has 9 nitrogen and oxygen atoms in total. The molecule has 1 aliphatic carbocycles. The van der Waals surface area contributed by atoms with Gasteiger partial charge >= 0.3 is 13.1 Å². The highest BCUT2D eigenvalue weighted by Gasteiger charge is 2.25. The highest BCUT2D eigenvalue weighted by molar-refractivity contribution is 7.90. The van der Waals surface area contributed by atoms with Crippen molar-refractivity contribution in [3.8, 4) is 11.1 Å². The number of amides is 2. The van der Waals surface area contributed by atoms with Crippen molar-refractivity contribution < 1.29 is 23.3 Å². The van der Waals surface area contributed by atoms with E-state index in [0.29, 0.717) is 22.3 Å². The van der Waals surface area contributed by atoms with Gasteiger partial charge in [0, 0.05) is 17.8 Å². The van der Waals surface area contributed by atoms with Gasteiger partial charge in [0.05, 0.1) is 5.69 Å². The zero-order valence-electron chi connectivity index (χ0n) is 18.3. The predicted octanol–water partition coefficient (Wildman–Crippen LogP) is 1.81. The van der Waals surface area contributed by atoms with Gasteiger partial charge < -0.3 is 15.4 Å². The number of urea groups is 1. The Morgan fingerprint density at radius 1 is 1.15 bits per heavy atom. The van der Waals surface area contributed by atoms with Crippen LogP contribution in [0.15, 0.2) is 53.7 Å². The monoisotopic (exact) mass is 468 g/mol. The zero-order chi connectivity index (χ0) is 23.8. The third kappa shape index (κ3) is 4.80. The number of sulfonamides is 1. The maximum absolute atomic E-state index is 12.8. The lowest BCUT2D eigenvalue weighted by Crippen LogP contribution is -2.35. The molecule has 1 aromatic heterocycles. The summed E-state index contributed by atoms with van der Waals surface area (Å²) in [7, 11) is -5.79. The molecule has 1 aliphatic rings. The average molecular weight is 468 g/mol. The molecule has 11 heteroatoms. The van der Waals surface area contributed by atoms with Gasteiger partial charge in [0.25, 0.3) is 10.0 Å². The van der Waals surface area contributed by atoms with Crippen LogP contribution in [-0.2, 0) is 22.9 Å². The van der Waals surface area contributed by atoms with Gasteiger partial charge in [-0.2, -0.15) is 13.5 Å². The van der Waals surface area contributed by atoms with E-state index in [-0.39, 0.29) is 11.1 Å². The molecular formula is C22H25BN4O5S. The summed E-state index contributed by atoms with van der Waals surface area (Å²) >= 11 is 0. The average Bonchev–Trinajstić information content (AvgIpc) is 3.44. The number of rotatable bonds is 6. The van der Waals surface area contributed by atoms with Gasteiger partial charge in [0.2, 0.25) is 0 Å². The van der Waals surface area contributed by atoms with Crippen molar-refractivity contribution in [2.75, 3.05) is 5.32 Å². The smallest absolute Gasteiger partial charge is 0.423 e. The topological polar surface area (TPSA) is 134 Å². The fraction of sp³-hybridized carbons (Fsp3) is 0.273. The molecule has 172 valence electrons. The Kier molecular flexibility index (Phi) is 6.29. The van der Waals surface area contributed by atoms with E-state index in [4.69, 9.17) is 0 Å². The van der Waals surface area contributed by atoms with Crippen molar-refractivity contribution in [3.05, 3.63) is 59.8 Å². The first kappa shape index (κ1) is 23.0. The molecule has 33 heavy (non-hydrogen) atoms. The number of benzene rings is 2. The Morgan fingerprint density at radius 3 is 2.64 bits per heavy atom. The van der Waals surface area contributed by atoms with Crippen LogP contribution in [0.5, 0.6) is 0 Å². The molecule has 4 N–H and O–H groups in total. The van der Waals surface area contributed by atoms with Gasteiger partial charge in [-0.05, 0) is 61.3 Å². The molecule has 0 radical (unpaired) electrons. The fourth-order valence-corrected chi connectivity index (χ4v) is 4.82. The summed E-state index contributed by atoms with van der Waals surface area (Å²) in [6.07, 6.45) is 4.08. The molecule has 0 aliphatic heterocycles. The van der Waals surface area contributed by atoms with Gasteiger partial charge in [-0.25, -0.2) is 9.52 Å². The number of hydrogen-bond acceptors (Lipinski definition) is 6. The molecule has 0 unspecified atom stereocenters. The maximum Gasteiger partial charge on any atom is 0.488 e. The standard InChI is InChI=1S/C22H25BN4O5S/c1-14(2)27-12-11-20(25-27)33(31,32)26-22(28)24-21-18-8-4-5-15(18)9-10-19(21)16-6-3-7-17(13-16)23(29)30/h3,6-7,9-14,29-30H,4-5,8H2,1-2H3,(H2,24,26,28). The van der Waals surface area contributed by atoms with Crippen molar-refractivity contribution >= 4 is 34.3 Å². The third-order valence-electron chi connectivity index (χ3n) is 5.63. The second-order valence-corrected chi connectivity index (χ2v) is 9.90. The second kappa shape index (κ2) is 9.01. The maximum atomic E-state index is 12.8. The Morgan fingerprint density at radius 2 is 1.94 bits per heavy atom. The van der Waals surface area contributed by atoms with Crippen molar-refractivity contribution in [1.82, 2.24) is 14.5 Å². The number of hydrogen-bond donors (Lipinski definition) is 4. The third-order valence-corrected chi connectivity index (χ3v) is 6.85. The molecular weight excluding hydrogens is 443 g/mol. The second-order valence-electron chi connectivity index (χ2n) is 8.27. The highest BCUT2D eigenvalue weighted by Crippen LogP contribution is 2.37. The van der Waals surface area contributed by atoms with Crippen LogP contribution in [0.4, 0.5) is 10.5 Å². The van der Waals surface area contributed by atoms with E-state index in [1.165, 1.54) is 10.7 Å². The molecule has 0 fully saturated rings. The number of anilines is 1. The van der Waals surface area contributed by atoms with Crippen molar-refractivity contribution in [1.29, 1.82) is 0 Å².